The maximum absolute atomic E-state index is 12.1. The van der Waals surface area contributed by atoms with Crippen LogP contribution in [0.15, 0.2) is 30.3 Å². The van der Waals surface area contributed by atoms with Crippen LogP contribution >= 0.6 is 0 Å². The molecule has 1 aromatic rings. The zero-order chi connectivity index (χ0) is 16.3. The number of hydrogen-bond donors (Lipinski definition) is 2. The minimum Gasteiger partial charge on any atom is -0.381 e. The first-order valence-electron chi connectivity index (χ1n) is 7.58. The Bertz CT molecular complexity index is 385. The Balaban J connectivity index is 0.00000191. The Morgan fingerprint density at radius 3 is 2.33 bits per heavy atom. The zero-order valence-corrected chi connectivity index (χ0v) is 13.8. The van der Waals surface area contributed by atoms with Gasteiger partial charge in [0.25, 0.3) is 0 Å². The summed E-state index contributed by atoms with van der Waals surface area (Å²) in [5, 5.41) is 12.2. The van der Waals surface area contributed by atoms with Crippen LogP contribution < -0.4 is 5.32 Å². The Kier molecular flexibility index (Phi) is 9.67. The molecule has 1 unspecified atom stereocenters. The number of rotatable bonds is 7. The second-order valence-corrected chi connectivity index (χ2v) is 5.09. The first kappa shape index (κ1) is 19.6. The lowest BCUT2D eigenvalue weighted by atomic mass is 9.99. The normalized spacial score (nSPS) is 12.1. The molecule has 4 nitrogen and oxygen atoms in total. The highest BCUT2D eigenvalue weighted by Crippen LogP contribution is 2.11. The van der Waals surface area contributed by atoms with E-state index in [4.69, 9.17) is 4.74 Å². The number of amides is 1. The van der Waals surface area contributed by atoms with Gasteiger partial charge in [-0.2, -0.15) is 0 Å². The number of carbonyl (C=O) groups is 1. The van der Waals surface area contributed by atoms with E-state index in [0.29, 0.717) is 19.6 Å². The van der Waals surface area contributed by atoms with Gasteiger partial charge >= 0.3 is 0 Å². The molecule has 0 aliphatic heterocycles. The van der Waals surface area contributed by atoms with Gasteiger partial charge in [-0.3, -0.25) is 4.79 Å². The van der Waals surface area contributed by atoms with Crippen molar-refractivity contribution in [2.24, 2.45) is 5.92 Å². The molecule has 0 bridgehead atoms. The van der Waals surface area contributed by atoms with E-state index in [1.807, 2.05) is 51.1 Å². The van der Waals surface area contributed by atoms with Crippen LogP contribution in [-0.2, 0) is 16.0 Å². The van der Waals surface area contributed by atoms with E-state index >= 15 is 0 Å². The smallest absolute Gasteiger partial charge is 0.227 e. The molecule has 1 aromatic carbocycles. The maximum Gasteiger partial charge on any atom is 0.227 e. The van der Waals surface area contributed by atoms with Crippen LogP contribution in [0.2, 0.25) is 0 Å². The molecule has 1 amide bonds. The van der Waals surface area contributed by atoms with E-state index in [0.717, 1.165) is 5.56 Å². The fourth-order valence-corrected chi connectivity index (χ4v) is 1.79. The van der Waals surface area contributed by atoms with Gasteiger partial charge in [0.1, 0.15) is 5.72 Å². The lowest BCUT2D eigenvalue weighted by Gasteiger charge is -2.23. The quantitative estimate of drug-likeness (QED) is 0.760. The molecule has 120 valence electrons. The summed E-state index contributed by atoms with van der Waals surface area (Å²) in [6.45, 7) is 9.91. The fraction of sp³-hybridized carbons (Fsp3) is 0.588. The highest BCUT2D eigenvalue weighted by atomic mass is 16.5. The van der Waals surface area contributed by atoms with Crippen LogP contribution in [0.25, 0.3) is 0 Å². The molecule has 4 heteroatoms. The molecule has 0 aliphatic rings. The topological polar surface area (TPSA) is 58.6 Å². The molecule has 1 atom stereocenters. The number of nitrogens with one attached hydrogen (secondary N) is 1. The SMILES string of the molecule is CC.CCOCC(Cc1ccccc1)C(=O)NC(C)(C)O. The van der Waals surface area contributed by atoms with E-state index < -0.39 is 5.72 Å². The van der Waals surface area contributed by atoms with Crippen molar-refractivity contribution in [3.63, 3.8) is 0 Å². The lowest BCUT2D eigenvalue weighted by Crippen LogP contribution is -2.47. The van der Waals surface area contributed by atoms with Crippen LogP contribution in [0.5, 0.6) is 0 Å². The molecule has 0 spiro atoms. The molecule has 0 saturated carbocycles. The molecular formula is C17H29NO3. The van der Waals surface area contributed by atoms with Crippen molar-refractivity contribution in [1.82, 2.24) is 5.32 Å². The maximum atomic E-state index is 12.1. The summed E-state index contributed by atoms with van der Waals surface area (Å²) in [6.07, 6.45) is 0.600. The molecule has 0 fully saturated rings. The summed E-state index contributed by atoms with van der Waals surface area (Å²) in [5.74, 6) is -0.487. The van der Waals surface area contributed by atoms with Crippen molar-refractivity contribution in [2.45, 2.75) is 46.8 Å². The van der Waals surface area contributed by atoms with Crippen molar-refractivity contribution in [3.05, 3.63) is 35.9 Å². The van der Waals surface area contributed by atoms with Gasteiger partial charge in [-0.15, -0.1) is 0 Å². The monoisotopic (exact) mass is 295 g/mol. The van der Waals surface area contributed by atoms with Gasteiger partial charge in [-0.1, -0.05) is 44.2 Å². The van der Waals surface area contributed by atoms with E-state index in [2.05, 4.69) is 5.32 Å². The predicted octanol–water partition coefficient (Wildman–Crippen LogP) is 2.75. The molecule has 1 rings (SSSR count). The molecule has 0 heterocycles. The average molecular weight is 295 g/mol. The highest BCUT2D eigenvalue weighted by Gasteiger charge is 2.24. The fourth-order valence-electron chi connectivity index (χ4n) is 1.79. The Labute approximate surface area is 128 Å². The van der Waals surface area contributed by atoms with Gasteiger partial charge in [0.2, 0.25) is 5.91 Å². The Hall–Kier alpha value is -1.39. The van der Waals surface area contributed by atoms with Crippen LogP contribution in [-0.4, -0.2) is 30.0 Å². The number of benzene rings is 1. The molecule has 2 N–H and O–H groups in total. The van der Waals surface area contributed by atoms with Crippen molar-refractivity contribution in [2.75, 3.05) is 13.2 Å². The summed E-state index contributed by atoms with van der Waals surface area (Å²) in [7, 11) is 0. The summed E-state index contributed by atoms with van der Waals surface area (Å²) in [4.78, 5) is 12.1. The standard InChI is InChI=1S/C15H23NO3.C2H6/c1-4-19-11-13(14(17)16-15(2,3)18)10-12-8-6-5-7-9-12;1-2/h5-9,13,18H,4,10-11H2,1-3H3,(H,16,17);1-2H3. The second-order valence-electron chi connectivity index (χ2n) is 5.09. The molecule has 0 saturated heterocycles. The van der Waals surface area contributed by atoms with Gasteiger partial charge in [-0.05, 0) is 32.8 Å². The molecule has 0 aromatic heterocycles. The minimum absolute atomic E-state index is 0.190. The van der Waals surface area contributed by atoms with Crippen molar-refractivity contribution >= 4 is 5.91 Å². The average Bonchev–Trinajstić information content (AvgIpc) is 2.45. The highest BCUT2D eigenvalue weighted by molar-refractivity contribution is 5.79. The van der Waals surface area contributed by atoms with Gasteiger partial charge in [-0.25, -0.2) is 0 Å². The number of carbonyl (C=O) groups excluding carboxylic acids is 1. The summed E-state index contributed by atoms with van der Waals surface area (Å²) < 4.78 is 5.36. The van der Waals surface area contributed by atoms with Crippen molar-refractivity contribution in [3.8, 4) is 0 Å². The summed E-state index contributed by atoms with van der Waals surface area (Å²) in [6, 6.07) is 9.80. The zero-order valence-electron chi connectivity index (χ0n) is 13.8. The van der Waals surface area contributed by atoms with Gasteiger partial charge in [0.15, 0.2) is 0 Å². The van der Waals surface area contributed by atoms with E-state index in [-0.39, 0.29) is 11.8 Å². The van der Waals surface area contributed by atoms with E-state index in [1.54, 1.807) is 13.8 Å². The van der Waals surface area contributed by atoms with E-state index in [1.165, 1.54) is 0 Å². The molecular weight excluding hydrogens is 266 g/mol. The predicted molar refractivity (Wildman–Crippen MR) is 85.9 cm³/mol. The third-order valence-electron chi connectivity index (χ3n) is 2.65. The largest absolute Gasteiger partial charge is 0.381 e. The third kappa shape index (κ3) is 9.21. The first-order chi connectivity index (χ1) is 9.92. The van der Waals surface area contributed by atoms with Crippen LogP contribution in [0, 0.1) is 5.92 Å². The second kappa shape index (κ2) is 10.4. The Morgan fingerprint density at radius 1 is 1.29 bits per heavy atom. The van der Waals surface area contributed by atoms with Crippen LogP contribution in [0.4, 0.5) is 0 Å². The summed E-state index contributed by atoms with van der Waals surface area (Å²) in [5.41, 5.74) is -0.129. The van der Waals surface area contributed by atoms with Gasteiger partial charge < -0.3 is 15.2 Å². The lowest BCUT2D eigenvalue weighted by molar-refractivity contribution is -0.133. The number of ether oxygens (including phenoxy) is 1. The van der Waals surface area contributed by atoms with Gasteiger partial charge in [0, 0.05) is 6.61 Å². The molecule has 0 radical (unpaired) electrons. The number of hydrogen-bond acceptors (Lipinski definition) is 3. The van der Waals surface area contributed by atoms with E-state index in [9.17, 15) is 9.90 Å². The van der Waals surface area contributed by atoms with Gasteiger partial charge in [0.05, 0.1) is 12.5 Å². The van der Waals surface area contributed by atoms with Crippen molar-refractivity contribution < 1.29 is 14.6 Å². The van der Waals surface area contributed by atoms with Crippen molar-refractivity contribution in [1.29, 1.82) is 0 Å². The van der Waals surface area contributed by atoms with Crippen LogP contribution in [0.3, 0.4) is 0 Å². The first-order valence-corrected chi connectivity index (χ1v) is 7.58. The Morgan fingerprint density at radius 2 is 1.86 bits per heavy atom. The van der Waals surface area contributed by atoms with Crippen LogP contribution in [0.1, 0.15) is 40.2 Å². The molecule has 0 aliphatic carbocycles. The third-order valence-corrected chi connectivity index (χ3v) is 2.65. The number of aliphatic hydroxyl groups is 1. The minimum atomic E-state index is -1.21. The molecule has 21 heavy (non-hydrogen) atoms. The summed E-state index contributed by atoms with van der Waals surface area (Å²) >= 11 is 0.